The van der Waals surface area contributed by atoms with Gasteiger partial charge in [-0.05, 0) is 24.6 Å². The second-order valence-corrected chi connectivity index (χ2v) is 3.91. The molecule has 2 aromatic rings. The number of halogens is 3. The Bertz CT molecular complexity index is 513. The van der Waals surface area contributed by atoms with Gasteiger partial charge >= 0.3 is 0 Å². The molecule has 1 heterocycles. The van der Waals surface area contributed by atoms with E-state index in [0.29, 0.717) is 18.2 Å². The molecule has 0 bridgehead atoms. The van der Waals surface area contributed by atoms with E-state index in [1.807, 2.05) is 0 Å². The monoisotopic (exact) mass is 257 g/mol. The van der Waals surface area contributed by atoms with E-state index < -0.39 is 11.6 Å². The van der Waals surface area contributed by atoms with Gasteiger partial charge in [-0.1, -0.05) is 0 Å². The van der Waals surface area contributed by atoms with Crippen LogP contribution in [0.15, 0.2) is 28.8 Å². The van der Waals surface area contributed by atoms with Gasteiger partial charge in [0.2, 0.25) is 0 Å². The molecule has 0 saturated carbocycles. The third-order valence-corrected chi connectivity index (χ3v) is 2.54. The number of rotatable bonds is 4. The van der Waals surface area contributed by atoms with Crippen LogP contribution in [-0.4, -0.2) is 10.9 Å². The van der Waals surface area contributed by atoms with Gasteiger partial charge in [-0.15, -0.1) is 11.6 Å². The topological polar surface area (TPSA) is 26.0 Å². The number of hydrogen-bond donors (Lipinski definition) is 0. The van der Waals surface area contributed by atoms with E-state index in [2.05, 4.69) is 4.98 Å². The van der Waals surface area contributed by atoms with Crippen molar-refractivity contribution < 1.29 is 13.2 Å². The standard InChI is InChI=1S/C12H10ClF2NO/c13-5-1-2-12-16-7-11(17-12)9-6-8(14)3-4-10(9)15/h3-4,6-7H,1-2,5H2. The normalized spacial score (nSPS) is 10.8. The van der Waals surface area contributed by atoms with E-state index in [1.54, 1.807) is 0 Å². The third-order valence-electron chi connectivity index (χ3n) is 2.27. The molecule has 0 saturated heterocycles. The number of aromatic nitrogens is 1. The lowest BCUT2D eigenvalue weighted by molar-refractivity contribution is 0.498. The van der Waals surface area contributed by atoms with Crippen LogP contribution in [0, 0.1) is 11.6 Å². The maximum absolute atomic E-state index is 13.4. The number of nitrogens with zero attached hydrogens (tertiary/aromatic N) is 1. The maximum Gasteiger partial charge on any atom is 0.194 e. The molecule has 17 heavy (non-hydrogen) atoms. The fraction of sp³-hybridized carbons (Fsp3) is 0.250. The quantitative estimate of drug-likeness (QED) is 0.779. The number of oxazole rings is 1. The summed E-state index contributed by atoms with van der Waals surface area (Å²) in [5.41, 5.74) is 0.0784. The molecule has 1 aromatic heterocycles. The molecule has 0 atom stereocenters. The Labute approximate surface area is 102 Å². The van der Waals surface area contributed by atoms with Crippen molar-refractivity contribution in [2.75, 3.05) is 5.88 Å². The zero-order valence-electron chi connectivity index (χ0n) is 8.92. The van der Waals surface area contributed by atoms with E-state index in [0.717, 1.165) is 24.6 Å². The number of benzene rings is 1. The highest BCUT2D eigenvalue weighted by Crippen LogP contribution is 2.24. The first-order chi connectivity index (χ1) is 8.20. The van der Waals surface area contributed by atoms with Gasteiger partial charge in [-0.3, -0.25) is 0 Å². The zero-order chi connectivity index (χ0) is 12.3. The maximum atomic E-state index is 13.4. The van der Waals surface area contributed by atoms with Crippen LogP contribution in [0.4, 0.5) is 8.78 Å². The second kappa shape index (κ2) is 5.27. The van der Waals surface area contributed by atoms with Crippen molar-refractivity contribution in [1.82, 2.24) is 4.98 Å². The van der Waals surface area contributed by atoms with Crippen LogP contribution >= 0.6 is 11.6 Å². The van der Waals surface area contributed by atoms with E-state index >= 15 is 0 Å². The minimum Gasteiger partial charge on any atom is -0.441 e. The van der Waals surface area contributed by atoms with Gasteiger partial charge in [0, 0.05) is 12.3 Å². The molecule has 90 valence electrons. The summed E-state index contributed by atoms with van der Waals surface area (Å²) in [5, 5.41) is 0. The zero-order valence-corrected chi connectivity index (χ0v) is 9.68. The van der Waals surface area contributed by atoms with Crippen molar-refractivity contribution in [1.29, 1.82) is 0 Å². The smallest absolute Gasteiger partial charge is 0.194 e. The Morgan fingerprint density at radius 1 is 1.29 bits per heavy atom. The summed E-state index contributed by atoms with van der Waals surface area (Å²) in [6.07, 6.45) is 2.70. The molecular weight excluding hydrogens is 248 g/mol. The highest BCUT2D eigenvalue weighted by atomic mass is 35.5. The van der Waals surface area contributed by atoms with Gasteiger partial charge in [-0.25, -0.2) is 13.8 Å². The largest absolute Gasteiger partial charge is 0.441 e. The van der Waals surface area contributed by atoms with Gasteiger partial charge in [0.25, 0.3) is 0 Å². The van der Waals surface area contributed by atoms with Crippen LogP contribution in [0.3, 0.4) is 0 Å². The van der Waals surface area contributed by atoms with E-state index in [-0.39, 0.29) is 11.3 Å². The minimum absolute atomic E-state index is 0.0784. The summed E-state index contributed by atoms with van der Waals surface area (Å²) in [6.45, 7) is 0. The molecule has 0 unspecified atom stereocenters. The molecule has 0 amide bonds. The van der Waals surface area contributed by atoms with Crippen LogP contribution < -0.4 is 0 Å². The van der Waals surface area contributed by atoms with E-state index in [4.69, 9.17) is 16.0 Å². The lowest BCUT2D eigenvalue weighted by atomic mass is 10.2. The average molecular weight is 258 g/mol. The van der Waals surface area contributed by atoms with Crippen LogP contribution in [0.2, 0.25) is 0 Å². The van der Waals surface area contributed by atoms with Gasteiger partial charge in [0.05, 0.1) is 11.8 Å². The SMILES string of the molecule is Fc1ccc(F)c(-c2cnc(CCCCl)o2)c1. The first-order valence-electron chi connectivity index (χ1n) is 5.17. The molecule has 0 aliphatic carbocycles. The van der Waals surface area contributed by atoms with Crippen molar-refractivity contribution in [3.05, 3.63) is 41.9 Å². The van der Waals surface area contributed by atoms with Crippen molar-refractivity contribution in [2.45, 2.75) is 12.8 Å². The first-order valence-corrected chi connectivity index (χ1v) is 5.70. The predicted octanol–water partition coefficient (Wildman–Crippen LogP) is 3.79. The number of hydrogen-bond acceptors (Lipinski definition) is 2. The Balaban J connectivity index is 2.27. The molecule has 0 N–H and O–H groups in total. The van der Waals surface area contributed by atoms with Crippen molar-refractivity contribution in [3.63, 3.8) is 0 Å². The van der Waals surface area contributed by atoms with Crippen molar-refractivity contribution in [2.24, 2.45) is 0 Å². The third kappa shape index (κ3) is 2.82. The summed E-state index contributed by atoms with van der Waals surface area (Å²) in [7, 11) is 0. The molecule has 0 aliphatic rings. The summed E-state index contributed by atoms with van der Waals surface area (Å²) in [4.78, 5) is 3.99. The Morgan fingerprint density at radius 3 is 2.88 bits per heavy atom. The average Bonchev–Trinajstić information content (AvgIpc) is 2.78. The molecule has 0 radical (unpaired) electrons. The van der Waals surface area contributed by atoms with E-state index in [1.165, 1.54) is 6.20 Å². The summed E-state index contributed by atoms with van der Waals surface area (Å²) >= 11 is 5.54. The molecule has 2 rings (SSSR count). The molecule has 2 nitrogen and oxygen atoms in total. The summed E-state index contributed by atoms with van der Waals surface area (Å²) in [5.74, 6) is 0.161. The molecule has 0 fully saturated rings. The minimum atomic E-state index is -0.536. The van der Waals surface area contributed by atoms with Crippen LogP contribution in [0.25, 0.3) is 11.3 Å². The van der Waals surface area contributed by atoms with Crippen LogP contribution in [-0.2, 0) is 6.42 Å². The molecular formula is C12H10ClF2NO. The van der Waals surface area contributed by atoms with Crippen molar-refractivity contribution in [3.8, 4) is 11.3 Å². The van der Waals surface area contributed by atoms with Gasteiger partial charge in [0.15, 0.2) is 11.7 Å². The van der Waals surface area contributed by atoms with Gasteiger partial charge in [0.1, 0.15) is 11.6 Å². The Morgan fingerprint density at radius 2 is 2.12 bits per heavy atom. The Kier molecular flexibility index (Phi) is 3.74. The molecule has 1 aromatic carbocycles. The fourth-order valence-corrected chi connectivity index (χ4v) is 1.59. The predicted molar refractivity (Wildman–Crippen MR) is 60.9 cm³/mol. The molecule has 0 aliphatic heterocycles. The lowest BCUT2D eigenvalue weighted by Gasteiger charge is -1.98. The van der Waals surface area contributed by atoms with Gasteiger partial charge < -0.3 is 4.42 Å². The summed E-state index contributed by atoms with van der Waals surface area (Å²) in [6, 6.07) is 3.20. The lowest BCUT2D eigenvalue weighted by Crippen LogP contribution is -1.85. The molecule has 5 heteroatoms. The fourth-order valence-electron chi connectivity index (χ4n) is 1.45. The first kappa shape index (κ1) is 12.0. The molecule has 0 spiro atoms. The summed E-state index contributed by atoms with van der Waals surface area (Å²) < 4.78 is 31.8. The van der Waals surface area contributed by atoms with Crippen LogP contribution in [0.5, 0.6) is 0 Å². The highest BCUT2D eigenvalue weighted by Gasteiger charge is 2.11. The number of aryl methyl sites for hydroxylation is 1. The van der Waals surface area contributed by atoms with Gasteiger partial charge in [-0.2, -0.15) is 0 Å². The second-order valence-electron chi connectivity index (χ2n) is 3.53. The van der Waals surface area contributed by atoms with Crippen molar-refractivity contribution >= 4 is 11.6 Å². The number of alkyl halides is 1. The highest BCUT2D eigenvalue weighted by molar-refractivity contribution is 6.17. The Hall–Kier alpha value is -1.42. The van der Waals surface area contributed by atoms with E-state index in [9.17, 15) is 8.78 Å². The van der Waals surface area contributed by atoms with Crippen LogP contribution in [0.1, 0.15) is 12.3 Å².